The van der Waals surface area contributed by atoms with E-state index in [1.165, 1.54) is 0 Å². The van der Waals surface area contributed by atoms with Crippen molar-refractivity contribution in [3.05, 3.63) is 298 Å². The van der Waals surface area contributed by atoms with Gasteiger partial charge in [0.15, 0.2) is 0 Å². The molecule has 5 nitrogen and oxygen atoms in total. The maximum absolute atomic E-state index is 4.87. The van der Waals surface area contributed by atoms with E-state index in [4.69, 9.17) is 4.98 Å². The Hall–Kier alpha value is -10.5. The Morgan fingerprint density at radius 2 is 0.397 bits per heavy atom. The van der Waals surface area contributed by atoms with Gasteiger partial charge in [0.05, 0.1) is 5.69 Å². The number of hydrogen-bond donors (Lipinski definition) is 0. The molecule has 0 fully saturated rings. The summed E-state index contributed by atoms with van der Waals surface area (Å²) in [6.07, 6.45) is 17.0. The molecule has 8 aromatic carbocycles. The summed E-state index contributed by atoms with van der Waals surface area (Å²) in [6, 6.07) is 86.9. The second kappa shape index (κ2) is 21.4. The monoisotopic (exact) mass is 995 g/mol. The summed E-state index contributed by atoms with van der Waals surface area (Å²) in [5.74, 6) is 0. The summed E-state index contributed by atoms with van der Waals surface area (Å²) < 4.78 is 0. The third-order valence-corrected chi connectivity index (χ3v) is 14.4. The SMILES string of the molecule is c1ccc(-c2cccc(-c3cc(-c4cccc(-c5cccnc5)c4)cc(-c4cccc(-c5cncc(-c6cccc(-c7cc(-c8cccc(-c9cccnc9)c8)cc(-c8cccc(-c9cccnc9)c8)c7)c6)c5)c4)c3)c2)nc1. The molecule has 0 amide bonds. The zero-order chi connectivity index (χ0) is 52.0. The summed E-state index contributed by atoms with van der Waals surface area (Å²) in [6.45, 7) is 0. The molecule has 0 saturated heterocycles. The van der Waals surface area contributed by atoms with Crippen LogP contribution in [0.2, 0.25) is 0 Å². The lowest BCUT2D eigenvalue weighted by Gasteiger charge is -2.14. The molecule has 78 heavy (non-hydrogen) atoms. The average molecular weight is 996 g/mol. The van der Waals surface area contributed by atoms with Crippen LogP contribution in [0.3, 0.4) is 0 Å². The van der Waals surface area contributed by atoms with Crippen molar-refractivity contribution in [3.8, 4) is 134 Å². The lowest BCUT2D eigenvalue weighted by molar-refractivity contribution is 1.33. The van der Waals surface area contributed by atoms with Crippen LogP contribution in [0.15, 0.2) is 298 Å². The predicted octanol–water partition coefficient (Wildman–Crippen LogP) is 18.7. The largest absolute Gasteiger partial charge is 0.264 e. The van der Waals surface area contributed by atoms with Gasteiger partial charge in [-0.25, -0.2) is 0 Å². The highest BCUT2D eigenvalue weighted by Crippen LogP contribution is 2.40. The van der Waals surface area contributed by atoms with Gasteiger partial charge in [-0.3, -0.25) is 24.9 Å². The number of hydrogen-bond acceptors (Lipinski definition) is 5. The molecule has 0 aliphatic heterocycles. The minimum atomic E-state index is 0.941. The fourth-order valence-electron chi connectivity index (χ4n) is 10.4. The van der Waals surface area contributed by atoms with Gasteiger partial charge in [-0.15, -0.1) is 0 Å². The summed E-state index contributed by atoms with van der Waals surface area (Å²) in [7, 11) is 0. The minimum absolute atomic E-state index is 0.941. The zero-order valence-electron chi connectivity index (χ0n) is 42.5. The van der Waals surface area contributed by atoms with Gasteiger partial charge in [0.1, 0.15) is 0 Å². The lowest BCUT2D eigenvalue weighted by atomic mass is 9.90. The van der Waals surface area contributed by atoms with Crippen LogP contribution in [0.1, 0.15) is 0 Å². The number of nitrogens with zero attached hydrogens (tertiary/aromatic N) is 5. The number of aromatic nitrogens is 5. The molecule has 0 unspecified atom stereocenters. The molecule has 0 bridgehead atoms. The normalized spacial score (nSPS) is 11.1. The first-order chi connectivity index (χ1) is 38.6. The molecule has 13 aromatic rings. The van der Waals surface area contributed by atoms with Gasteiger partial charge in [-0.2, -0.15) is 0 Å². The van der Waals surface area contributed by atoms with Crippen molar-refractivity contribution in [2.75, 3.05) is 0 Å². The van der Waals surface area contributed by atoms with Crippen molar-refractivity contribution in [1.82, 2.24) is 24.9 Å². The first-order valence-electron chi connectivity index (χ1n) is 26.1. The quantitative estimate of drug-likeness (QED) is 0.122. The highest BCUT2D eigenvalue weighted by molar-refractivity contribution is 5.88. The van der Waals surface area contributed by atoms with E-state index in [0.29, 0.717) is 0 Å². The van der Waals surface area contributed by atoms with Gasteiger partial charge in [0.25, 0.3) is 0 Å². The smallest absolute Gasteiger partial charge is 0.0702 e. The van der Waals surface area contributed by atoms with E-state index in [0.717, 1.165) is 134 Å². The highest BCUT2D eigenvalue weighted by atomic mass is 14.7. The highest BCUT2D eigenvalue weighted by Gasteiger charge is 2.15. The van der Waals surface area contributed by atoms with Crippen LogP contribution in [0.5, 0.6) is 0 Å². The Morgan fingerprint density at radius 1 is 0.154 bits per heavy atom. The Morgan fingerprint density at radius 3 is 0.692 bits per heavy atom. The topological polar surface area (TPSA) is 64.5 Å². The third kappa shape index (κ3) is 10.2. The van der Waals surface area contributed by atoms with Gasteiger partial charge in [-0.1, -0.05) is 133 Å². The summed E-state index contributed by atoms with van der Waals surface area (Å²) in [5.41, 5.74) is 26.3. The summed E-state index contributed by atoms with van der Waals surface area (Å²) in [4.78, 5) is 22.8. The number of rotatable bonds is 12. The molecule has 0 saturated carbocycles. The Labute approximate surface area is 454 Å². The van der Waals surface area contributed by atoms with Crippen molar-refractivity contribution in [1.29, 1.82) is 0 Å². The molecule has 0 N–H and O–H groups in total. The maximum atomic E-state index is 4.87. The van der Waals surface area contributed by atoms with Gasteiger partial charge < -0.3 is 0 Å². The van der Waals surface area contributed by atoms with Crippen LogP contribution in [-0.4, -0.2) is 24.9 Å². The van der Waals surface area contributed by atoms with Crippen molar-refractivity contribution < 1.29 is 0 Å². The molecule has 0 atom stereocenters. The van der Waals surface area contributed by atoms with Gasteiger partial charge in [-0.05, 0) is 204 Å². The van der Waals surface area contributed by atoms with E-state index in [9.17, 15) is 0 Å². The Kier molecular flexibility index (Phi) is 13.0. The fourth-order valence-corrected chi connectivity index (χ4v) is 10.4. The van der Waals surface area contributed by atoms with Crippen molar-refractivity contribution >= 4 is 0 Å². The van der Waals surface area contributed by atoms with Crippen molar-refractivity contribution in [3.63, 3.8) is 0 Å². The Bertz CT molecular complexity index is 3780. The van der Waals surface area contributed by atoms with Crippen LogP contribution in [-0.2, 0) is 0 Å². The van der Waals surface area contributed by atoms with Crippen LogP contribution in [0.25, 0.3) is 134 Å². The van der Waals surface area contributed by atoms with E-state index in [-0.39, 0.29) is 0 Å². The molecule has 5 aromatic heterocycles. The van der Waals surface area contributed by atoms with E-state index in [2.05, 4.69) is 232 Å². The standard InChI is InChI=1S/C73H49N5/c1-2-31-78-73(27-1)61-23-8-20-58(37-61)70-42-67(55-17-5-14-52(34-55)64-26-11-30-76-47-64)41-69(43-70)57-19-7-22-60(36-57)72-44-71(48-77-49-72)59-21-6-18-56(35-59)68-39-65(53-15-3-12-50(32-53)62-24-9-28-74-45-62)38-66(40-68)54-16-4-13-51(33-54)63-25-10-29-75-46-63/h1-49H. The second-order valence-corrected chi connectivity index (χ2v) is 19.5. The average Bonchev–Trinajstić information content (AvgIpc) is 3.56. The second-order valence-electron chi connectivity index (χ2n) is 19.5. The third-order valence-electron chi connectivity index (χ3n) is 14.4. The van der Waals surface area contributed by atoms with E-state index < -0.39 is 0 Å². The number of pyridine rings is 5. The van der Waals surface area contributed by atoms with E-state index in [1.54, 1.807) is 0 Å². The molecule has 366 valence electrons. The van der Waals surface area contributed by atoms with E-state index in [1.807, 2.05) is 86.1 Å². The zero-order valence-corrected chi connectivity index (χ0v) is 42.5. The van der Waals surface area contributed by atoms with Crippen LogP contribution in [0, 0.1) is 0 Å². The number of benzene rings is 8. The van der Waals surface area contributed by atoms with E-state index >= 15 is 0 Å². The van der Waals surface area contributed by atoms with Crippen LogP contribution in [0.4, 0.5) is 0 Å². The molecule has 0 radical (unpaired) electrons. The van der Waals surface area contributed by atoms with Crippen LogP contribution >= 0.6 is 0 Å². The molecule has 5 heteroatoms. The van der Waals surface area contributed by atoms with Crippen molar-refractivity contribution in [2.45, 2.75) is 0 Å². The van der Waals surface area contributed by atoms with Gasteiger partial charge >= 0.3 is 0 Å². The van der Waals surface area contributed by atoms with Gasteiger partial charge in [0, 0.05) is 89.2 Å². The molecule has 0 spiro atoms. The van der Waals surface area contributed by atoms with Crippen LogP contribution < -0.4 is 0 Å². The first kappa shape index (κ1) is 47.2. The summed E-state index contributed by atoms with van der Waals surface area (Å²) in [5, 5.41) is 0. The molecule has 0 aliphatic carbocycles. The van der Waals surface area contributed by atoms with Crippen molar-refractivity contribution in [2.24, 2.45) is 0 Å². The predicted molar refractivity (Wildman–Crippen MR) is 321 cm³/mol. The molecule has 5 heterocycles. The lowest BCUT2D eigenvalue weighted by Crippen LogP contribution is -1.90. The Balaban J connectivity index is 0.867. The summed E-state index contributed by atoms with van der Waals surface area (Å²) >= 11 is 0. The fraction of sp³-hybridized carbons (Fsp3) is 0. The molecule has 13 rings (SSSR count). The first-order valence-corrected chi connectivity index (χ1v) is 26.1. The minimum Gasteiger partial charge on any atom is -0.264 e. The molecular weight excluding hydrogens is 947 g/mol. The molecule has 0 aliphatic rings. The molecular formula is C73H49N5. The van der Waals surface area contributed by atoms with Gasteiger partial charge in [0.2, 0.25) is 0 Å². The maximum Gasteiger partial charge on any atom is 0.0702 e.